The molecule has 1 aromatic heterocycles. The van der Waals surface area contributed by atoms with E-state index in [1.807, 2.05) is 13.2 Å². The molecule has 0 spiro atoms. The summed E-state index contributed by atoms with van der Waals surface area (Å²) in [5, 5.41) is 7.54. The van der Waals surface area contributed by atoms with Gasteiger partial charge in [-0.05, 0) is 31.1 Å². The van der Waals surface area contributed by atoms with Gasteiger partial charge in [0, 0.05) is 24.8 Å². The lowest BCUT2D eigenvalue weighted by molar-refractivity contribution is -0.122. The topological polar surface area (TPSA) is 50.2 Å². The number of aryl methyl sites for hydroxylation is 1. The predicted octanol–water partition coefficient (Wildman–Crippen LogP) is 0.640. The lowest BCUT2D eigenvalue weighted by atomic mass is 10.3. The second kappa shape index (κ2) is 3.66. The van der Waals surface area contributed by atoms with Crippen LogP contribution in [-0.4, -0.2) is 31.7 Å². The van der Waals surface area contributed by atoms with Gasteiger partial charge in [0.1, 0.15) is 5.70 Å². The minimum absolute atomic E-state index is 0.0265. The highest BCUT2D eigenvalue weighted by molar-refractivity contribution is 7.80. The number of carbonyl (C=O) groups excluding carboxylic acids is 1. The van der Waals surface area contributed by atoms with Crippen molar-refractivity contribution in [2.75, 3.05) is 0 Å². The minimum Gasteiger partial charge on any atom is -0.328 e. The monoisotopic (exact) mass is 248 g/mol. The van der Waals surface area contributed by atoms with E-state index in [1.54, 1.807) is 21.9 Å². The van der Waals surface area contributed by atoms with Crippen LogP contribution in [0.25, 0.3) is 6.08 Å². The Bertz CT molecular complexity index is 529. The predicted molar refractivity (Wildman–Crippen MR) is 66.8 cm³/mol. The van der Waals surface area contributed by atoms with Crippen LogP contribution in [0.15, 0.2) is 18.1 Å². The molecule has 0 aromatic carbocycles. The van der Waals surface area contributed by atoms with Crippen LogP contribution in [0.3, 0.4) is 0 Å². The number of hydrogen-bond donors (Lipinski definition) is 1. The molecule has 1 amide bonds. The van der Waals surface area contributed by atoms with E-state index < -0.39 is 0 Å². The zero-order valence-corrected chi connectivity index (χ0v) is 10.2. The molecule has 2 aliphatic rings. The lowest BCUT2D eigenvalue weighted by Crippen LogP contribution is -2.32. The maximum atomic E-state index is 12.1. The molecule has 5 nitrogen and oxygen atoms in total. The number of nitrogens with one attached hydrogen (secondary N) is 1. The fraction of sp³-hybridized carbons (Fsp3) is 0.364. The van der Waals surface area contributed by atoms with E-state index in [2.05, 4.69) is 10.4 Å². The molecule has 1 saturated carbocycles. The summed E-state index contributed by atoms with van der Waals surface area (Å²) < 4.78 is 1.70. The number of aromatic nitrogens is 2. The van der Waals surface area contributed by atoms with Gasteiger partial charge < -0.3 is 5.32 Å². The molecule has 17 heavy (non-hydrogen) atoms. The van der Waals surface area contributed by atoms with Crippen molar-refractivity contribution in [2.24, 2.45) is 7.05 Å². The highest BCUT2D eigenvalue weighted by Gasteiger charge is 2.41. The zero-order valence-electron chi connectivity index (χ0n) is 9.38. The number of thiocarbonyl (C=S) groups is 1. The average molecular weight is 248 g/mol. The maximum Gasteiger partial charge on any atom is 0.276 e. The van der Waals surface area contributed by atoms with Crippen LogP contribution in [0.1, 0.15) is 18.4 Å². The standard InChI is InChI=1S/C11H12N4OS/c1-14-6-7(5-12-14)4-9-10(16)15(8-2-3-8)11(17)13-9/h4-6,8H,2-3H2,1H3,(H,13,17)/b9-4-. The molecule has 1 saturated heterocycles. The second-order valence-corrected chi connectivity index (χ2v) is 4.73. The third-order valence-electron chi connectivity index (χ3n) is 2.86. The van der Waals surface area contributed by atoms with Gasteiger partial charge in [-0.2, -0.15) is 5.10 Å². The van der Waals surface area contributed by atoms with Crippen LogP contribution in [0.5, 0.6) is 0 Å². The molecular weight excluding hydrogens is 236 g/mol. The third kappa shape index (κ3) is 1.84. The Morgan fingerprint density at radius 2 is 2.35 bits per heavy atom. The molecule has 1 aromatic rings. The number of hydrogen-bond acceptors (Lipinski definition) is 3. The van der Waals surface area contributed by atoms with Gasteiger partial charge in [0.25, 0.3) is 5.91 Å². The first-order valence-corrected chi connectivity index (χ1v) is 5.91. The number of nitrogens with zero attached hydrogens (tertiary/aromatic N) is 3. The molecule has 0 bridgehead atoms. The van der Waals surface area contributed by atoms with Crippen LogP contribution in [0, 0.1) is 0 Å². The molecule has 1 aliphatic heterocycles. The van der Waals surface area contributed by atoms with Gasteiger partial charge in [-0.3, -0.25) is 14.4 Å². The van der Waals surface area contributed by atoms with Crippen LogP contribution >= 0.6 is 12.2 Å². The van der Waals surface area contributed by atoms with Crippen molar-refractivity contribution in [1.29, 1.82) is 0 Å². The Labute approximate surface area is 104 Å². The van der Waals surface area contributed by atoms with Gasteiger partial charge in [-0.25, -0.2) is 0 Å². The SMILES string of the molecule is Cn1cc(/C=C2\NC(=S)N(C3CC3)C2=O)cn1. The number of amides is 1. The zero-order chi connectivity index (χ0) is 12.0. The first kappa shape index (κ1) is 10.5. The summed E-state index contributed by atoms with van der Waals surface area (Å²) in [6, 6.07) is 0.308. The van der Waals surface area contributed by atoms with E-state index in [0.29, 0.717) is 16.9 Å². The molecular formula is C11H12N4OS. The van der Waals surface area contributed by atoms with E-state index in [0.717, 1.165) is 18.4 Å². The Balaban J connectivity index is 1.87. The maximum absolute atomic E-state index is 12.1. The highest BCUT2D eigenvalue weighted by Crippen LogP contribution is 2.30. The van der Waals surface area contributed by atoms with Gasteiger partial charge >= 0.3 is 0 Å². The molecule has 0 atom stereocenters. The molecule has 2 heterocycles. The average Bonchev–Trinajstić information content (AvgIpc) is 2.96. The molecule has 0 unspecified atom stereocenters. The quantitative estimate of drug-likeness (QED) is 0.616. The summed E-state index contributed by atoms with van der Waals surface area (Å²) in [4.78, 5) is 13.8. The molecule has 1 N–H and O–H groups in total. The van der Waals surface area contributed by atoms with Crippen LogP contribution in [0.2, 0.25) is 0 Å². The van der Waals surface area contributed by atoms with Gasteiger partial charge in [-0.1, -0.05) is 0 Å². The first-order valence-electron chi connectivity index (χ1n) is 5.50. The largest absolute Gasteiger partial charge is 0.328 e. The third-order valence-corrected chi connectivity index (χ3v) is 3.16. The summed E-state index contributed by atoms with van der Waals surface area (Å²) in [7, 11) is 1.84. The summed E-state index contributed by atoms with van der Waals surface area (Å²) in [6.45, 7) is 0. The molecule has 88 valence electrons. The van der Waals surface area contributed by atoms with E-state index >= 15 is 0 Å². The van der Waals surface area contributed by atoms with E-state index in [4.69, 9.17) is 12.2 Å². The van der Waals surface area contributed by atoms with Gasteiger partial charge in [0.2, 0.25) is 0 Å². The Morgan fingerprint density at radius 1 is 1.59 bits per heavy atom. The fourth-order valence-electron chi connectivity index (χ4n) is 1.89. The van der Waals surface area contributed by atoms with Crippen molar-refractivity contribution < 1.29 is 4.79 Å². The second-order valence-electron chi connectivity index (χ2n) is 4.34. The molecule has 6 heteroatoms. The lowest BCUT2D eigenvalue weighted by Gasteiger charge is -2.11. The number of rotatable bonds is 2. The highest BCUT2D eigenvalue weighted by atomic mass is 32.1. The van der Waals surface area contributed by atoms with Crippen molar-refractivity contribution in [2.45, 2.75) is 18.9 Å². The normalized spacial score (nSPS) is 22.4. The molecule has 2 fully saturated rings. The van der Waals surface area contributed by atoms with Crippen molar-refractivity contribution in [3.8, 4) is 0 Å². The molecule has 3 rings (SSSR count). The van der Waals surface area contributed by atoms with Gasteiger partial charge in [-0.15, -0.1) is 0 Å². The van der Waals surface area contributed by atoms with Crippen molar-refractivity contribution >= 4 is 29.3 Å². The van der Waals surface area contributed by atoms with Crippen LogP contribution in [-0.2, 0) is 11.8 Å². The summed E-state index contributed by atoms with van der Waals surface area (Å²) >= 11 is 5.16. The molecule has 1 aliphatic carbocycles. The Kier molecular flexibility index (Phi) is 2.25. The van der Waals surface area contributed by atoms with E-state index in [9.17, 15) is 4.79 Å². The van der Waals surface area contributed by atoms with Crippen LogP contribution in [0.4, 0.5) is 0 Å². The minimum atomic E-state index is -0.0265. The summed E-state index contributed by atoms with van der Waals surface area (Å²) in [6.07, 6.45) is 7.45. The summed E-state index contributed by atoms with van der Waals surface area (Å²) in [5.74, 6) is -0.0265. The smallest absolute Gasteiger partial charge is 0.276 e. The Morgan fingerprint density at radius 3 is 2.94 bits per heavy atom. The number of carbonyl (C=O) groups is 1. The van der Waals surface area contributed by atoms with Crippen LogP contribution < -0.4 is 5.32 Å². The van der Waals surface area contributed by atoms with Gasteiger partial charge in [0.05, 0.1) is 6.20 Å². The van der Waals surface area contributed by atoms with Gasteiger partial charge in [0.15, 0.2) is 5.11 Å². The van der Waals surface area contributed by atoms with Crippen molar-refractivity contribution in [3.05, 3.63) is 23.7 Å². The van der Waals surface area contributed by atoms with Crippen molar-refractivity contribution in [3.63, 3.8) is 0 Å². The van der Waals surface area contributed by atoms with Crippen molar-refractivity contribution in [1.82, 2.24) is 20.0 Å². The Hall–Kier alpha value is -1.69. The summed E-state index contributed by atoms with van der Waals surface area (Å²) in [5.41, 5.74) is 1.43. The van der Waals surface area contributed by atoms with E-state index in [1.165, 1.54) is 0 Å². The fourth-order valence-corrected chi connectivity index (χ4v) is 2.24. The first-order chi connectivity index (χ1) is 8.15. The molecule has 0 radical (unpaired) electrons. The van der Waals surface area contributed by atoms with E-state index in [-0.39, 0.29) is 5.91 Å².